The fraction of sp³-hybridized carbons (Fsp3) is 0. The molecule has 0 aliphatic heterocycles. The van der Waals surface area contributed by atoms with E-state index in [-0.39, 0.29) is 5.56 Å². The van der Waals surface area contributed by atoms with Crippen LogP contribution in [0.5, 0.6) is 0 Å². The van der Waals surface area contributed by atoms with Gasteiger partial charge in [-0.3, -0.25) is 9.20 Å². The number of nitrogens with zero attached hydrogens (tertiary/aromatic N) is 2. The van der Waals surface area contributed by atoms with E-state index in [4.69, 9.17) is 0 Å². The van der Waals surface area contributed by atoms with Gasteiger partial charge in [-0.05, 0) is 24.3 Å². The highest BCUT2D eigenvalue weighted by Gasteiger charge is 2.13. The molecule has 1 amide bonds. The van der Waals surface area contributed by atoms with Crippen LogP contribution in [-0.2, 0) is 0 Å². The molecule has 0 saturated carbocycles. The molecular weight excluding hydrogens is 344 g/mol. The molecule has 0 aliphatic rings. The molecule has 2 heterocycles. The van der Waals surface area contributed by atoms with Crippen LogP contribution in [-0.4, -0.2) is 15.3 Å². The summed E-state index contributed by atoms with van der Waals surface area (Å²) in [4.78, 5) is 17.5. The summed E-state index contributed by atoms with van der Waals surface area (Å²) in [6.45, 7) is 0. The molecule has 0 unspecified atom stereocenters. The average molecular weight is 355 g/mol. The van der Waals surface area contributed by atoms with Crippen molar-refractivity contribution in [3.63, 3.8) is 0 Å². The van der Waals surface area contributed by atoms with Crippen LogP contribution in [0.2, 0.25) is 0 Å². The number of halogens is 2. The van der Waals surface area contributed by atoms with Gasteiger partial charge in [-0.15, -0.1) is 11.3 Å². The predicted molar refractivity (Wildman–Crippen MR) is 92.8 cm³/mol. The van der Waals surface area contributed by atoms with Gasteiger partial charge in [0.25, 0.3) is 5.91 Å². The minimum atomic E-state index is -0.896. The molecule has 0 bridgehead atoms. The van der Waals surface area contributed by atoms with Gasteiger partial charge in [-0.1, -0.05) is 12.1 Å². The van der Waals surface area contributed by atoms with E-state index in [1.54, 1.807) is 23.5 Å². The average Bonchev–Trinajstić information content (AvgIpc) is 3.17. The number of fused-ring (bicyclic) bond motifs is 1. The molecule has 4 aromatic rings. The van der Waals surface area contributed by atoms with E-state index in [2.05, 4.69) is 10.3 Å². The maximum absolute atomic E-state index is 13.6. The Hall–Kier alpha value is -3.06. The highest BCUT2D eigenvalue weighted by Crippen LogP contribution is 2.23. The highest BCUT2D eigenvalue weighted by molar-refractivity contribution is 7.15. The number of imidazole rings is 1. The van der Waals surface area contributed by atoms with Crippen molar-refractivity contribution >= 4 is 27.9 Å². The van der Waals surface area contributed by atoms with Crippen molar-refractivity contribution in [2.45, 2.75) is 0 Å². The third-order valence-corrected chi connectivity index (χ3v) is 4.48. The lowest BCUT2D eigenvalue weighted by molar-refractivity contribution is 0.102. The second-order valence-electron chi connectivity index (χ2n) is 5.37. The first-order chi connectivity index (χ1) is 12.1. The molecule has 0 fully saturated rings. The number of amides is 1. The largest absolute Gasteiger partial charge is 0.322 e. The first-order valence-electron chi connectivity index (χ1n) is 7.39. The van der Waals surface area contributed by atoms with Crippen molar-refractivity contribution in [3.05, 3.63) is 77.4 Å². The molecule has 0 atom stereocenters. The van der Waals surface area contributed by atoms with Crippen LogP contribution in [0.15, 0.2) is 60.2 Å². The van der Waals surface area contributed by atoms with Crippen LogP contribution in [0.25, 0.3) is 16.2 Å². The van der Waals surface area contributed by atoms with Gasteiger partial charge in [-0.2, -0.15) is 0 Å². The maximum atomic E-state index is 13.6. The van der Waals surface area contributed by atoms with Crippen molar-refractivity contribution in [1.29, 1.82) is 0 Å². The Labute approximate surface area is 145 Å². The summed E-state index contributed by atoms with van der Waals surface area (Å²) in [6, 6.07) is 9.91. The van der Waals surface area contributed by atoms with Crippen molar-refractivity contribution in [2.24, 2.45) is 0 Å². The third kappa shape index (κ3) is 3.01. The van der Waals surface area contributed by atoms with E-state index >= 15 is 0 Å². The number of carbonyl (C=O) groups is 1. The van der Waals surface area contributed by atoms with Crippen LogP contribution < -0.4 is 5.32 Å². The van der Waals surface area contributed by atoms with Crippen molar-refractivity contribution in [1.82, 2.24) is 9.38 Å². The van der Waals surface area contributed by atoms with E-state index in [0.29, 0.717) is 11.8 Å². The molecule has 0 saturated heterocycles. The zero-order valence-corrected chi connectivity index (χ0v) is 13.6. The summed E-state index contributed by atoms with van der Waals surface area (Å²) < 4.78 is 28.5. The van der Waals surface area contributed by atoms with Gasteiger partial charge < -0.3 is 5.32 Å². The topological polar surface area (TPSA) is 46.4 Å². The zero-order chi connectivity index (χ0) is 17.4. The minimum Gasteiger partial charge on any atom is -0.322 e. The number of aromatic nitrogens is 2. The molecule has 1 N–H and O–H groups in total. The molecule has 7 heteroatoms. The molecule has 0 spiro atoms. The molecule has 2 aromatic heterocycles. The lowest BCUT2D eigenvalue weighted by atomic mass is 10.1. The number of anilines is 1. The van der Waals surface area contributed by atoms with Crippen LogP contribution >= 0.6 is 11.3 Å². The molecule has 4 rings (SSSR count). The summed E-state index contributed by atoms with van der Waals surface area (Å²) in [5, 5.41) is 4.55. The van der Waals surface area contributed by atoms with Gasteiger partial charge >= 0.3 is 0 Å². The lowest BCUT2D eigenvalue weighted by Crippen LogP contribution is -2.13. The van der Waals surface area contributed by atoms with Gasteiger partial charge in [0.15, 0.2) is 4.96 Å². The number of benzene rings is 2. The molecular formula is C18H11F2N3OS. The number of carbonyl (C=O) groups excluding carboxylic acids is 1. The molecule has 2 aromatic carbocycles. The second kappa shape index (κ2) is 6.10. The van der Waals surface area contributed by atoms with Crippen LogP contribution in [0.4, 0.5) is 14.5 Å². The Balaban J connectivity index is 1.53. The maximum Gasteiger partial charge on any atom is 0.258 e. The number of hydrogen-bond acceptors (Lipinski definition) is 3. The molecule has 4 nitrogen and oxygen atoms in total. The molecule has 0 radical (unpaired) electrons. The zero-order valence-electron chi connectivity index (χ0n) is 12.7. The molecule has 25 heavy (non-hydrogen) atoms. The van der Waals surface area contributed by atoms with E-state index in [0.717, 1.165) is 28.4 Å². The lowest BCUT2D eigenvalue weighted by Gasteiger charge is -2.07. The summed E-state index contributed by atoms with van der Waals surface area (Å²) >= 11 is 1.55. The summed E-state index contributed by atoms with van der Waals surface area (Å²) in [5.41, 5.74) is 2.04. The Morgan fingerprint density at radius 2 is 1.92 bits per heavy atom. The third-order valence-electron chi connectivity index (χ3n) is 3.71. The van der Waals surface area contributed by atoms with Crippen molar-refractivity contribution in [3.8, 4) is 11.3 Å². The minimum absolute atomic E-state index is 0.209. The van der Waals surface area contributed by atoms with Gasteiger partial charge in [0.05, 0.1) is 11.3 Å². The van der Waals surface area contributed by atoms with Gasteiger partial charge in [-0.25, -0.2) is 13.8 Å². The Morgan fingerprint density at radius 3 is 2.64 bits per heavy atom. The fourth-order valence-corrected chi connectivity index (χ4v) is 3.16. The van der Waals surface area contributed by atoms with Gasteiger partial charge in [0, 0.05) is 35.1 Å². The smallest absolute Gasteiger partial charge is 0.258 e. The van der Waals surface area contributed by atoms with Crippen molar-refractivity contribution in [2.75, 3.05) is 5.32 Å². The van der Waals surface area contributed by atoms with E-state index in [1.165, 1.54) is 0 Å². The molecule has 124 valence electrons. The monoisotopic (exact) mass is 355 g/mol. The van der Waals surface area contributed by atoms with E-state index in [1.807, 2.05) is 34.3 Å². The van der Waals surface area contributed by atoms with Gasteiger partial charge in [0.2, 0.25) is 0 Å². The quantitative estimate of drug-likeness (QED) is 0.584. The standard InChI is InChI=1S/C18H11F2N3OS/c19-12-3-6-14(15(20)9-12)17(24)21-13-4-1-11(2-5-13)16-10-23-7-8-25-18(23)22-16/h1-10H,(H,21,24). The number of hydrogen-bond donors (Lipinski definition) is 1. The number of thiazole rings is 1. The van der Waals surface area contributed by atoms with Gasteiger partial charge in [0.1, 0.15) is 11.6 Å². The SMILES string of the molecule is O=C(Nc1ccc(-c2cn3ccsc3n2)cc1)c1ccc(F)cc1F. The van der Waals surface area contributed by atoms with Crippen LogP contribution in [0, 0.1) is 11.6 Å². The number of nitrogens with one attached hydrogen (secondary N) is 1. The summed E-state index contributed by atoms with van der Waals surface area (Å²) in [6.07, 6.45) is 3.86. The predicted octanol–water partition coefficient (Wildman–Crippen LogP) is 4.59. The van der Waals surface area contributed by atoms with E-state index < -0.39 is 17.5 Å². The summed E-state index contributed by atoms with van der Waals surface area (Å²) in [7, 11) is 0. The Morgan fingerprint density at radius 1 is 1.12 bits per heavy atom. The second-order valence-corrected chi connectivity index (χ2v) is 6.25. The number of rotatable bonds is 3. The van der Waals surface area contributed by atoms with Crippen LogP contribution in [0.1, 0.15) is 10.4 Å². The van der Waals surface area contributed by atoms with Crippen molar-refractivity contribution < 1.29 is 13.6 Å². The Kier molecular flexibility index (Phi) is 3.77. The highest BCUT2D eigenvalue weighted by atomic mass is 32.1. The fourth-order valence-electron chi connectivity index (χ4n) is 2.46. The molecule has 0 aliphatic carbocycles. The first-order valence-corrected chi connectivity index (χ1v) is 8.27. The Bertz CT molecular complexity index is 1040. The normalized spacial score (nSPS) is 11.0. The van der Waals surface area contributed by atoms with E-state index in [9.17, 15) is 13.6 Å². The first kappa shape index (κ1) is 15.5. The summed E-state index contributed by atoms with van der Waals surface area (Å²) in [5.74, 6) is -2.25. The van der Waals surface area contributed by atoms with Crippen LogP contribution in [0.3, 0.4) is 0 Å².